The lowest BCUT2D eigenvalue weighted by molar-refractivity contribution is -0.136. The summed E-state index contributed by atoms with van der Waals surface area (Å²) in [4.78, 5) is 63.2. The van der Waals surface area contributed by atoms with E-state index in [2.05, 4.69) is 5.32 Å². The van der Waals surface area contributed by atoms with Crippen LogP contribution in [0.15, 0.2) is 12.1 Å². The fourth-order valence-electron chi connectivity index (χ4n) is 3.71. The van der Waals surface area contributed by atoms with Gasteiger partial charge < -0.3 is 14.4 Å². The summed E-state index contributed by atoms with van der Waals surface area (Å²) in [6, 6.07) is 2.13. The van der Waals surface area contributed by atoms with Gasteiger partial charge in [0.15, 0.2) is 0 Å². The smallest absolute Gasteiger partial charge is 0.264 e. The molecule has 0 bridgehead atoms. The zero-order chi connectivity index (χ0) is 19.8. The van der Waals surface area contributed by atoms with Crippen LogP contribution >= 0.6 is 0 Å². The molecule has 3 aliphatic heterocycles. The Morgan fingerprint density at radius 3 is 2.57 bits per heavy atom. The molecule has 4 amide bonds. The summed E-state index contributed by atoms with van der Waals surface area (Å²) in [6.45, 7) is 1.61. The highest BCUT2D eigenvalue weighted by Gasteiger charge is 2.47. The summed E-state index contributed by atoms with van der Waals surface area (Å²) >= 11 is 0. The van der Waals surface area contributed by atoms with Crippen molar-refractivity contribution in [3.63, 3.8) is 0 Å². The first-order chi connectivity index (χ1) is 13.5. The Kier molecular flexibility index (Phi) is 4.58. The van der Waals surface area contributed by atoms with Crippen molar-refractivity contribution < 1.29 is 28.7 Å². The van der Waals surface area contributed by atoms with E-state index < -0.39 is 29.7 Å². The number of imide groups is 2. The number of amides is 4. The highest BCUT2D eigenvalue weighted by Crippen LogP contribution is 2.42. The number of hydrogen-bond donors (Lipinski definition) is 1. The number of fused-ring (bicyclic) bond motifs is 1. The van der Waals surface area contributed by atoms with Crippen LogP contribution in [-0.2, 0) is 14.4 Å². The average molecular weight is 385 g/mol. The Bertz CT molecular complexity index is 892. The van der Waals surface area contributed by atoms with Crippen LogP contribution in [0.3, 0.4) is 0 Å². The van der Waals surface area contributed by atoms with E-state index in [1.54, 1.807) is 6.07 Å². The number of carbonyl (C=O) groups is 5. The Morgan fingerprint density at radius 2 is 1.93 bits per heavy atom. The van der Waals surface area contributed by atoms with E-state index in [0.717, 1.165) is 30.7 Å². The van der Waals surface area contributed by atoms with Gasteiger partial charge in [0.05, 0.1) is 23.4 Å². The molecule has 1 aromatic carbocycles. The molecule has 3 heterocycles. The number of benzene rings is 1. The predicted molar refractivity (Wildman–Crippen MR) is 96.1 cm³/mol. The molecule has 28 heavy (non-hydrogen) atoms. The minimum absolute atomic E-state index is 0.0723. The van der Waals surface area contributed by atoms with Crippen LogP contribution in [0, 0.1) is 0 Å². The van der Waals surface area contributed by atoms with Crippen molar-refractivity contribution in [2.45, 2.75) is 31.7 Å². The summed E-state index contributed by atoms with van der Waals surface area (Å²) in [5.41, 5.74) is 0.972. The van der Waals surface area contributed by atoms with Gasteiger partial charge in [-0.1, -0.05) is 0 Å². The van der Waals surface area contributed by atoms with E-state index in [0.29, 0.717) is 11.4 Å². The second kappa shape index (κ2) is 7.06. The van der Waals surface area contributed by atoms with E-state index in [1.807, 2.05) is 4.90 Å². The molecule has 2 fully saturated rings. The van der Waals surface area contributed by atoms with Crippen molar-refractivity contribution >= 4 is 35.6 Å². The Hall–Kier alpha value is -3.23. The minimum Gasteiger partial charge on any atom is -0.491 e. The van der Waals surface area contributed by atoms with Crippen molar-refractivity contribution in [1.82, 2.24) is 10.2 Å². The van der Waals surface area contributed by atoms with Crippen LogP contribution in [0.4, 0.5) is 5.69 Å². The van der Waals surface area contributed by atoms with E-state index in [1.165, 1.54) is 6.07 Å². The number of rotatable bonds is 6. The first-order valence-electron chi connectivity index (χ1n) is 9.23. The summed E-state index contributed by atoms with van der Waals surface area (Å²) in [5, 5.41) is 2.19. The number of hydrogen-bond acceptors (Lipinski definition) is 7. The third-order valence-electron chi connectivity index (χ3n) is 5.21. The van der Waals surface area contributed by atoms with Gasteiger partial charge in [0.2, 0.25) is 11.8 Å². The molecular weight excluding hydrogens is 366 g/mol. The number of ether oxygens (including phenoxy) is 1. The largest absolute Gasteiger partial charge is 0.491 e. The lowest BCUT2D eigenvalue weighted by Crippen LogP contribution is -2.54. The molecule has 9 heteroatoms. The maximum absolute atomic E-state index is 13.2. The molecule has 0 aliphatic carbocycles. The van der Waals surface area contributed by atoms with Crippen molar-refractivity contribution in [2.75, 3.05) is 24.6 Å². The van der Waals surface area contributed by atoms with Gasteiger partial charge in [0.25, 0.3) is 11.8 Å². The summed E-state index contributed by atoms with van der Waals surface area (Å²) in [7, 11) is 0. The molecule has 0 aromatic heterocycles. The lowest BCUT2D eigenvalue weighted by atomic mass is 10.0. The van der Waals surface area contributed by atoms with Gasteiger partial charge >= 0.3 is 0 Å². The van der Waals surface area contributed by atoms with Crippen LogP contribution in [0.2, 0.25) is 0 Å². The zero-order valence-electron chi connectivity index (χ0n) is 15.1. The van der Waals surface area contributed by atoms with Crippen LogP contribution in [0.25, 0.3) is 0 Å². The minimum atomic E-state index is -1.01. The molecule has 4 rings (SSSR count). The van der Waals surface area contributed by atoms with Crippen molar-refractivity contribution in [3.05, 3.63) is 23.3 Å². The molecule has 1 unspecified atom stereocenters. The standard InChI is InChI=1S/C19H19N3O6/c23-9-2-10-28-13-5-3-11-15(16(13)21-7-1-8-21)19(27)22(18(11)26)12-4-6-14(24)20-17(12)25/h3,5,9,12H,1-2,4,6-8,10H2,(H,20,24,25). The molecule has 1 aromatic rings. The maximum atomic E-state index is 13.2. The number of piperidine rings is 1. The summed E-state index contributed by atoms with van der Waals surface area (Å²) in [5.74, 6) is -1.72. The SMILES string of the molecule is O=CCCOc1ccc2c(c1N1CCC1)C(=O)N(C1CCC(=O)NC1=O)C2=O. The molecular formula is C19H19N3O6. The van der Waals surface area contributed by atoms with E-state index in [9.17, 15) is 24.0 Å². The topological polar surface area (TPSA) is 113 Å². The summed E-state index contributed by atoms with van der Waals surface area (Å²) < 4.78 is 5.68. The Balaban J connectivity index is 1.71. The molecule has 0 radical (unpaired) electrons. The molecule has 146 valence electrons. The van der Waals surface area contributed by atoms with E-state index >= 15 is 0 Å². The fraction of sp³-hybridized carbons (Fsp3) is 0.421. The van der Waals surface area contributed by atoms with Gasteiger partial charge in [0, 0.05) is 25.9 Å². The van der Waals surface area contributed by atoms with Gasteiger partial charge in [-0.2, -0.15) is 0 Å². The zero-order valence-corrected chi connectivity index (χ0v) is 15.1. The second-order valence-electron chi connectivity index (χ2n) is 6.93. The van der Waals surface area contributed by atoms with Crippen LogP contribution in [-0.4, -0.2) is 60.6 Å². The number of anilines is 1. The molecule has 9 nitrogen and oxygen atoms in total. The van der Waals surface area contributed by atoms with E-state index in [4.69, 9.17) is 4.74 Å². The number of nitrogens with one attached hydrogen (secondary N) is 1. The molecule has 2 saturated heterocycles. The normalized spacial score (nSPS) is 21.4. The van der Waals surface area contributed by atoms with Gasteiger partial charge in [-0.15, -0.1) is 0 Å². The van der Waals surface area contributed by atoms with Gasteiger partial charge in [-0.05, 0) is 25.0 Å². The highest BCUT2D eigenvalue weighted by molar-refractivity contribution is 6.26. The van der Waals surface area contributed by atoms with Crippen molar-refractivity contribution in [2.24, 2.45) is 0 Å². The molecule has 1 N–H and O–H groups in total. The fourth-order valence-corrected chi connectivity index (χ4v) is 3.71. The lowest BCUT2D eigenvalue weighted by Gasteiger charge is -2.35. The quantitative estimate of drug-likeness (QED) is 0.425. The monoisotopic (exact) mass is 385 g/mol. The van der Waals surface area contributed by atoms with Crippen LogP contribution in [0.5, 0.6) is 5.75 Å². The number of aldehydes is 1. The first kappa shape index (κ1) is 18.1. The maximum Gasteiger partial charge on any atom is 0.264 e. The number of carbonyl (C=O) groups excluding carboxylic acids is 5. The van der Waals surface area contributed by atoms with Crippen molar-refractivity contribution in [3.8, 4) is 5.75 Å². The third-order valence-corrected chi connectivity index (χ3v) is 5.21. The molecule has 0 saturated carbocycles. The van der Waals surface area contributed by atoms with Gasteiger partial charge in [-0.3, -0.25) is 29.4 Å². The Morgan fingerprint density at radius 1 is 1.14 bits per heavy atom. The molecule has 3 aliphatic rings. The first-order valence-corrected chi connectivity index (χ1v) is 9.23. The van der Waals surface area contributed by atoms with E-state index in [-0.39, 0.29) is 37.0 Å². The summed E-state index contributed by atoms with van der Waals surface area (Å²) in [6.07, 6.45) is 2.10. The van der Waals surface area contributed by atoms with Crippen LogP contribution in [0.1, 0.15) is 46.4 Å². The third kappa shape index (κ3) is 2.83. The molecule has 1 atom stereocenters. The molecule has 0 spiro atoms. The Labute approximate surface area is 160 Å². The number of nitrogens with zero attached hydrogens (tertiary/aromatic N) is 2. The van der Waals surface area contributed by atoms with Gasteiger partial charge in [0.1, 0.15) is 18.1 Å². The van der Waals surface area contributed by atoms with Gasteiger partial charge in [-0.25, -0.2) is 0 Å². The second-order valence-corrected chi connectivity index (χ2v) is 6.93. The predicted octanol–water partition coefficient (Wildman–Crippen LogP) is 0.266. The van der Waals surface area contributed by atoms with Crippen LogP contribution < -0.4 is 15.0 Å². The average Bonchev–Trinajstić information content (AvgIpc) is 2.87. The highest BCUT2D eigenvalue weighted by atomic mass is 16.5. The van der Waals surface area contributed by atoms with Crippen molar-refractivity contribution in [1.29, 1.82) is 0 Å².